The average Bonchev–Trinajstić information content (AvgIpc) is 2.43. The van der Waals surface area contributed by atoms with Crippen molar-refractivity contribution in [2.75, 3.05) is 11.5 Å². The van der Waals surface area contributed by atoms with Crippen molar-refractivity contribution in [3.8, 4) is 11.1 Å². The second kappa shape index (κ2) is 6.11. The van der Waals surface area contributed by atoms with Crippen molar-refractivity contribution < 1.29 is 0 Å². The highest BCUT2D eigenvalue weighted by Gasteiger charge is 2.07. The van der Waals surface area contributed by atoms with Crippen LogP contribution < -0.4 is 11.5 Å². The predicted molar refractivity (Wildman–Crippen MR) is 89.3 cm³/mol. The molecule has 2 aromatic rings. The van der Waals surface area contributed by atoms with Crippen molar-refractivity contribution in [2.24, 2.45) is 0 Å². The van der Waals surface area contributed by atoms with Gasteiger partial charge in [0.15, 0.2) is 0 Å². The van der Waals surface area contributed by atoms with Crippen LogP contribution in [-0.4, -0.2) is 0 Å². The van der Waals surface area contributed by atoms with Crippen molar-refractivity contribution in [2.45, 2.75) is 13.8 Å². The minimum Gasteiger partial charge on any atom is -0.399 e. The van der Waals surface area contributed by atoms with Gasteiger partial charge in [0.2, 0.25) is 0 Å². The zero-order valence-electron chi connectivity index (χ0n) is 11.9. The summed E-state index contributed by atoms with van der Waals surface area (Å²) in [5, 5.41) is 0. The number of nitrogen functional groups attached to an aromatic ring is 2. The number of aryl methyl sites for hydroxylation is 1. The molecule has 0 aliphatic heterocycles. The summed E-state index contributed by atoms with van der Waals surface area (Å²) in [6.07, 6.45) is 8.11. The Bertz CT molecular complexity index is 667. The summed E-state index contributed by atoms with van der Waals surface area (Å²) >= 11 is 0. The SMILES string of the molecule is C/C=C\C=C/c1ccc(C)cc1-c1cc(N)ccc1N. The van der Waals surface area contributed by atoms with Gasteiger partial charge in [-0.2, -0.15) is 0 Å². The monoisotopic (exact) mass is 264 g/mol. The molecule has 4 N–H and O–H groups in total. The third-order valence-corrected chi connectivity index (χ3v) is 3.16. The maximum absolute atomic E-state index is 6.10. The van der Waals surface area contributed by atoms with Crippen molar-refractivity contribution >= 4 is 17.5 Å². The zero-order valence-corrected chi connectivity index (χ0v) is 11.9. The fourth-order valence-electron chi connectivity index (χ4n) is 2.13. The Morgan fingerprint density at radius 1 is 0.900 bits per heavy atom. The van der Waals surface area contributed by atoms with E-state index in [1.165, 1.54) is 5.56 Å². The smallest absolute Gasteiger partial charge is 0.0395 e. The molecule has 102 valence electrons. The molecule has 2 rings (SSSR count). The van der Waals surface area contributed by atoms with Gasteiger partial charge in [0.1, 0.15) is 0 Å². The molecule has 0 saturated heterocycles. The third kappa shape index (κ3) is 3.09. The van der Waals surface area contributed by atoms with Gasteiger partial charge in [0.25, 0.3) is 0 Å². The Morgan fingerprint density at radius 2 is 1.70 bits per heavy atom. The van der Waals surface area contributed by atoms with E-state index in [9.17, 15) is 0 Å². The highest BCUT2D eigenvalue weighted by Crippen LogP contribution is 2.32. The van der Waals surface area contributed by atoms with Gasteiger partial charge >= 0.3 is 0 Å². The molecule has 0 saturated carbocycles. The summed E-state index contributed by atoms with van der Waals surface area (Å²) in [6, 6.07) is 11.9. The Morgan fingerprint density at radius 3 is 2.45 bits per heavy atom. The van der Waals surface area contributed by atoms with Gasteiger partial charge in [0.05, 0.1) is 0 Å². The average molecular weight is 264 g/mol. The first-order chi connectivity index (χ1) is 9.61. The lowest BCUT2D eigenvalue weighted by Gasteiger charge is -2.11. The Labute approximate surface area is 120 Å². The second-order valence-corrected chi connectivity index (χ2v) is 4.82. The van der Waals surface area contributed by atoms with Gasteiger partial charge in [0, 0.05) is 16.9 Å². The normalized spacial score (nSPS) is 11.5. The van der Waals surface area contributed by atoms with Gasteiger partial charge < -0.3 is 11.5 Å². The van der Waals surface area contributed by atoms with E-state index in [2.05, 4.69) is 31.2 Å². The molecule has 0 unspecified atom stereocenters. The van der Waals surface area contributed by atoms with Crippen LogP contribution in [0.3, 0.4) is 0 Å². The van der Waals surface area contributed by atoms with Crippen molar-refractivity contribution in [3.05, 3.63) is 65.8 Å². The summed E-state index contributed by atoms with van der Waals surface area (Å²) in [5.41, 5.74) is 17.9. The van der Waals surface area contributed by atoms with Gasteiger partial charge in [-0.25, -0.2) is 0 Å². The van der Waals surface area contributed by atoms with E-state index >= 15 is 0 Å². The van der Waals surface area contributed by atoms with E-state index in [-0.39, 0.29) is 0 Å². The molecular formula is C18H20N2. The van der Waals surface area contributed by atoms with Crippen LogP contribution in [0.1, 0.15) is 18.1 Å². The number of hydrogen-bond acceptors (Lipinski definition) is 2. The number of rotatable bonds is 3. The molecule has 0 heterocycles. The molecule has 0 spiro atoms. The summed E-state index contributed by atoms with van der Waals surface area (Å²) < 4.78 is 0. The fourth-order valence-corrected chi connectivity index (χ4v) is 2.13. The minimum absolute atomic E-state index is 0.721. The molecule has 0 amide bonds. The van der Waals surface area contributed by atoms with Crippen molar-refractivity contribution in [1.29, 1.82) is 0 Å². The molecule has 20 heavy (non-hydrogen) atoms. The fraction of sp³-hybridized carbons (Fsp3) is 0.111. The van der Waals surface area contributed by atoms with Gasteiger partial charge in [-0.3, -0.25) is 0 Å². The lowest BCUT2D eigenvalue weighted by atomic mass is 9.95. The van der Waals surface area contributed by atoms with Crippen molar-refractivity contribution in [1.82, 2.24) is 0 Å². The molecule has 0 aliphatic carbocycles. The van der Waals surface area contributed by atoms with E-state index < -0.39 is 0 Å². The first kappa shape index (κ1) is 13.9. The molecule has 2 aromatic carbocycles. The molecular weight excluding hydrogens is 244 g/mol. The largest absolute Gasteiger partial charge is 0.399 e. The van der Waals surface area contributed by atoms with E-state index in [0.717, 1.165) is 28.1 Å². The van der Waals surface area contributed by atoms with Crippen LogP contribution >= 0.6 is 0 Å². The number of nitrogens with two attached hydrogens (primary N) is 2. The van der Waals surface area contributed by atoms with E-state index in [1.807, 2.05) is 43.4 Å². The van der Waals surface area contributed by atoms with Crippen LogP contribution in [0.2, 0.25) is 0 Å². The molecule has 0 aliphatic rings. The topological polar surface area (TPSA) is 52.0 Å². The lowest BCUT2D eigenvalue weighted by Crippen LogP contribution is -1.95. The highest BCUT2D eigenvalue weighted by molar-refractivity contribution is 5.85. The maximum atomic E-state index is 6.10. The van der Waals surface area contributed by atoms with Gasteiger partial charge in [-0.15, -0.1) is 0 Å². The van der Waals surface area contributed by atoms with Crippen LogP contribution in [0.5, 0.6) is 0 Å². The highest BCUT2D eigenvalue weighted by atomic mass is 14.6. The van der Waals surface area contributed by atoms with Crippen LogP contribution in [0.15, 0.2) is 54.6 Å². The van der Waals surface area contributed by atoms with Gasteiger partial charge in [-0.05, 0) is 43.2 Å². The van der Waals surface area contributed by atoms with Crippen molar-refractivity contribution in [3.63, 3.8) is 0 Å². The number of anilines is 2. The molecule has 0 atom stereocenters. The van der Waals surface area contributed by atoms with Crippen LogP contribution in [0.25, 0.3) is 17.2 Å². The number of hydrogen-bond donors (Lipinski definition) is 2. The second-order valence-electron chi connectivity index (χ2n) is 4.82. The Kier molecular flexibility index (Phi) is 4.26. The van der Waals surface area contributed by atoms with Crippen LogP contribution in [0.4, 0.5) is 11.4 Å². The molecule has 0 bridgehead atoms. The summed E-state index contributed by atoms with van der Waals surface area (Å²) in [5.74, 6) is 0. The quantitative estimate of drug-likeness (QED) is 0.637. The van der Waals surface area contributed by atoms with E-state index in [1.54, 1.807) is 0 Å². The molecule has 2 nitrogen and oxygen atoms in total. The van der Waals surface area contributed by atoms with E-state index in [4.69, 9.17) is 11.5 Å². The minimum atomic E-state index is 0.721. The molecule has 0 fully saturated rings. The number of allylic oxidation sites excluding steroid dienone is 3. The maximum Gasteiger partial charge on any atom is 0.0395 e. The number of benzene rings is 2. The lowest BCUT2D eigenvalue weighted by molar-refractivity contribution is 1.45. The summed E-state index contributed by atoms with van der Waals surface area (Å²) in [6.45, 7) is 4.07. The first-order valence-corrected chi connectivity index (χ1v) is 6.67. The van der Waals surface area contributed by atoms with Crippen LogP contribution in [-0.2, 0) is 0 Å². The van der Waals surface area contributed by atoms with Crippen LogP contribution in [0, 0.1) is 6.92 Å². The summed E-state index contributed by atoms with van der Waals surface area (Å²) in [4.78, 5) is 0. The molecule has 0 radical (unpaired) electrons. The summed E-state index contributed by atoms with van der Waals surface area (Å²) in [7, 11) is 0. The predicted octanol–water partition coefficient (Wildman–Crippen LogP) is 4.42. The zero-order chi connectivity index (χ0) is 14.5. The Hall–Kier alpha value is -2.48. The first-order valence-electron chi connectivity index (χ1n) is 6.67. The van der Waals surface area contributed by atoms with Gasteiger partial charge in [-0.1, -0.05) is 48.1 Å². The molecule has 2 heteroatoms. The Balaban J connectivity index is 2.59. The third-order valence-electron chi connectivity index (χ3n) is 3.16. The van der Waals surface area contributed by atoms with E-state index in [0.29, 0.717) is 0 Å². The standard InChI is InChI=1S/C18H20N2/c1-3-4-5-6-14-8-7-13(2)11-16(14)17-12-15(19)9-10-18(17)20/h3-12H,19-20H2,1-2H3/b4-3-,6-5-. The molecule has 0 aromatic heterocycles.